The Labute approximate surface area is 139 Å². The standard InChI is InChI=1S/C15H15F3N2O3S/c1-6(2)10(14(22)23)20-12(21)11-7(3)8-4-5-9(15(16,17)18)19-13(8)24-11/h4-6,10H,1-3H3,(H,20,21)(H,22,23). The maximum Gasteiger partial charge on any atom is 0.433 e. The maximum absolute atomic E-state index is 12.7. The molecule has 5 nitrogen and oxygen atoms in total. The van der Waals surface area contributed by atoms with Crippen molar-refractivity contribution in [1.29, 1.82) is 0 Å². The number of alkyl halides is 3. The molecule has 2 rings (SSSR count). The zero-order valence-electron chi connectivity index (χ0n) is 13.1. The fraction of sp³-hybridized carbons (Fsp3) is 0.400. The zero-order chi connectivity index (χ0) is 18.2. The summed E-state index contributed by atoms with van der Waals surface area (Å²) >= 11 is 0.812. The van der Waals surface area contributed by atoms with Gasteiger partial charge in [-0.2, -0.15) is 13.2 Å². The van der Waals surface area contributed by atoms with Crippen molar-refractivity contribution in [2.24, 2.45) is 5.92 Å². The van der Waals surface area contributed by atoms with Crippen molar-refractivity contribution in [2.45, 2.75) is 33.0 Å². The molecule has 0 aliphatic heterocycles. The number of hydrogen-bond donors (Lipinski definition) is 2. The van der Waals surface area contributed by atoms with Crippen molar-refractivity contribution in [1.82, 2.24) is 10.3 Å². The number of fused-ring (bicyclic) bond motifs is 1. The van der Waals surface area contributed by atoms with Crippen LogP contribution in [0, 0.1) is 12.8 Å². The second kappa shape index (κ2) is 6.39. The molecule has 0 saturated heterocycles. The minimum absolute atomic E-state index is 0.0869. The van der Waals surface area contributed by atoms with E-state index in [1.807, 2.05) is 0 Å². The lowest BCUT2D eigenvalue weighted by Crippen LogP contribution is -2.44. The Morgan fingerprint density at radius 2 is 1.92 bits per heavy atom. The van der Waals surface area contributed by atoms with Crippen LogP contribution in [0.25, 0.3) is 10.2 Å². The lowest BCUT2D eigenvalue weighted by Gasteiger charge is -2.17. The van der Waals surface area contributed by atoms with Crippen LogP contribution in [0.15, 0.2) is 12.1 Å². The Bertz CT molecular complexity index is 799. The third-order valence-corrected chi connectivity index (χ3v) is 4.72. The summed E-state index contributed by atoms with van der Waals surface area (Å²) in [6.07, 6.45) is -4.57. The van der Waals surface area contributed by atoms with E-state index in [0.29, 0.717) is 10.9 Å². The summed E-state index contributed by atoms with van der Waals surface area (Å²) in [4.78, 5) is 27.3. The van der Waals surface area contributed by atoms with E-state index in [9.17, 15) is 22.8 Å². The number of amides is 1. The maximum atomic E-state index is 12.7. The summed E-state index contributed by atoms with van der Waals surface area (Å²) in [5.41, 5.74) is -0.560. The van der Waals surface area contributed by atoms with E-state index in [1.165, 1.54) is 6.07 Å². The molecule has 24 heavy (non-hydrogen) atoms. The minimum Gasteiger partial charge on any atom is -0.480 e. The second-order valence-corrected chi connectivity index (χ2v) is 6.64. The number of carboxylic acid groups (broad SMARTS) is 1. The molecule has 0 saturated carbocycles. The number of aryl methyl sites for hydroxylation is 1. The molecule has 0 spiro atoms. The smallest absolute Gasteiger partial charge is 0.433 e. The van der Waals surface area contributed by atoms with Crippen LogP contribution < -0.4 is 5.32 Å². The van der Waals surface area contributed by atoms with Gasteiger partial charge in [0.15, 0.2) is 0 Å². The van der Waals surface area contributed by atoms with Gasteiger partial charge in [0.2, 0.25) is 0 Å². The molecule has 2 aromatic rings. The normalized spacial score (nSPS) is 13.3. The molecule has 0 fully saturated rings. The molecule has 0 radical (unpaired) electrons. The fourth-order valence-electron chi connectivity index (χ4n) is 2.19. The van der Waals surface area contributed by atoms with Crippen LogP contribution in [0.1, 0.15) is 34.8 Å². The highest BCUT2D eigenvalue weighted by atomic mass is 32.1. The van der Waals surface area contributed by atoms with E-state index in [0.717, 1.165) is 17.4 Å². The lowest BCUT2D eigenvalue weighted by atomic mass is 10.0. The van der Waals surface area contributed by atoms with E-state index in [4.69, 9.17) is 5.11 Å². The Morgan fingerprint density at radius 3 is 2.42 bits per heavy atom. The van der Waals surface area contributed by atoms with Gasteiger partial charge in [0.25, 0.3) is 5.91 Å². The highest BCUT2D eigenvalue weighted by Gasteiger charge is 2.33. The largest absolute Gasteiger partial charge is 0.480 e. The van der Waals surface area contributed by atoms with Crippen molar-refractivity contribution in [3.8, 4) is 0 Å². The van der Waals surface area contributed by atoms with Crippen molar-refractivity contribution in [3.05, 3.63) is 28.3 Å². The number of hydrogen-bond acceptors (Lipinski definition) is 4. The SMILES string of the molecule is Cc1c(C(=O)NC(C(=O)O)C(C)C)sc2nc(C(F)(F)F)ccc12. The molecule has 0 aliphatic rings. The quantitative estimate of drug-likeness (QED) is 0.875. The fourth-order valence-corrected chi connectivity index (χ4v) is 3.28. The third kappa shape index (κ3) is 3.50. The van der Waals surface area contributed by atoms with Gasteiger partial charge in [-0.15, -0.1) is 11.3 Å². The van der Waals surface area contributed by atoms with Crippen LogP contribution in [0.3, 0.4) is 0 Å². The first-order valence-electron chi connectivity index (χ1n) is 7.03. The average molecular weight is 360 g/mol. The van der Waals surface area contributed by atoms with Crippen molar-refractivity contribution in [3.63, 3.8) is 0 Å². The van der Waals surface area contributed by atoms with Crippen LogP contribution in [0.4, 0.5) is 13.2 Å². The number of nitrogens with one attached hydrogen (secondary N) is 1. The van der Waals surface area contributed by atoms with Gasteiger partial charge in [-0.25, -0.2) is 9.78 Å². The molecule has 0 bridgehead atoms. The summed E-state index contributed by atoms with van der Waals surface area (Å²) in [5.74, 6) is -2.14. The predicted molar refractivity (Wildman–Crippen MR) is 83.1 cm³/mol. The van der Waals surface area contributed by atoms with Gasteiger partial charge < -0.3 is 10.4 Å². The molecule has 9 heteroatoms. The summed E-state index contributed by atoms with van der Waals surface area (Å²) in [5, 5.41) is 12.0. The van der Waals surface area contributed by atoms with Crippen LogP contribution in [0.5, 0.6) is 0 Å². The van der Waals surface area contributed by atoms with Crippen LogP contribution >= 0.6 is 11.3 Å². The molecule has 0 aromatic carbocycles. The number of halogens is 3. The number of aromatic nitrogens is 1. The molecule has 2 aromatic heterocycles. The lowest BCUT2D eigenvalue weighted by molar-refractivity contribution is -0.141. The molecule has 130 valence electrons. The van der Waals surface area contributed by atoms with E-state index < -0.39 is 29.8 Å². The number of carbonyl (C=O) groups is 2. The van der Waals surface area contributed by atoms with E-state index in [-0.39, 0.29) is 15.6 Å². The van der Waals surface area contributed by atoms with Crippen LogP contribution in [-0.4, -0.2) is 28.0 Å². The van der Waals surface area contributed by atoms with E-state index in [1.54, 1.807) is 20.8 Å². The van der Waals surface area contributed by atoms with Crippen LogP contribution in [0.2, 0.25) is 0 Å². The number of rotatable bonds is 4. The minimum atomic E-state index is -4.57. The van der Waals surface area contributed by atoms with Gasteiger partial charge in [-0.1, -0.05) is 13.8 Å². The van der Waals surface area contributed by atoms with Gasteiger partial charge >= 0.3 is 12.1 Å². The van der Waals surface area contributed by atoms with Gasteiger partial charge in [0, 0.05) is 5.39 Å². The van der Waals surface area contributed by atoms with Crippen molar-refractivity contribution < 1.29 is 27.9 Å². The summed E-state index contributed by atoms with van der Waals surface area (Å²) in [6.45, 7) is 4.88. The predicted octanol–water partition coefficient (Wildman–Crippen LogP) is 3.46. The molecule has 0 aliphatic carbocycles. The Kier molecular flexibility index (Phi) is 4.84. The summed E-state index contributed by atoms with van der Waals surface area (Å²) < 4.78 is 38.2. The number of aliphatic carboxylic acids is 1. The highest BCUT2D eigenvalue weighted by Crippen LogP contribution is 2.34. The Morgan fingerprint density at radius 1 is 1.29 bits per heavy atom. The number of carbonyl (C=O) groups excluding carboxylic acids is 1. The van der Waals surface area contributed by atoms with Crippen LogP contribution in [-0.2, 0) is 11.0 Å². The van der Waals surface area contributed by atoms with Gasteiger partial charge in [-0.3, -0.25) is 4.79 Å². The first-order chi connectivity index (χ1) is 11.0. The Balaban J connectivity index is 2.40. The van der Waals surface area contributed by atoms with E-state index >= 15 is 0 Å². The first kappa shape index (κ1) is 18.2. The average Bonchev–Trinajstić information content (AvgIpc) is 2.79. The number of thiophene rings is 1. The second-order valence-electron chi connectivity index (χ2n) is 5.64. The molecular weight excluding hydrogens is 345 g/mol. The van der Waals surface area contributed by atoms with Gasteiger partial charge in [-0.05, 0) is 30.5 Å². The molecular formula is C15H15F3N2O3S. The highest BCUT2D eigenvalue weighted by molar-refractivity contribution is 7.20. The van der Waals surface area contributed by atoms with Gasteiger partial charge in [0.1, 0.15) is 16.6 Å². The summed E-state index contributed by atoms with van der Waals surface area (Å²) in [6, 6.07) is 1.05. The first-order valence-corrected chi connectivity index (χ1v) is 7.85. The molecule has 1 atom stereocenters. The molecule has 2 N–H and O–H groups in total. The number of carboxylic acids is 1. The van der Waals surface area contributed by atoms with E-state index in [2.05, 4.69) is 10.3 Å². The number of pyridine rings is 1. The van der Waals surface area contributed by atoms with Crippen molar-refractivity contribution >= 4 is 33.4 Å². The molecule has 2 heterocycles. The topological polar surface area (TPSA) is 79.3 Å². The van der Waals surface area contributed by atoms with Crippen molar-refractivity contribution in [2.75, 3.05) is 0 Å². The Hall–Kier alpha value is -2.16. The molecule has 1 amide bonds. The molecule has 1 unspecified atom stereocenters. The monoisotopic (exact) mass is 360 g/mol. The number of nitrogens with zero attached hydrogens (tertiary/aromatic N) is 1. The van der Waals surface area contributed by atoms with Gasteiger partial charge in [0.05, 0.1) is 4.88 Å². The zero-order valence-corrected chi connectivity index (χ0v) is 13.9. The summed E-state index contributed by atoms with van der Waals surface area (Å²) in [7, 11) is 0. The third-order valence-electron chi connectivity index (χ3n) is 3.52.